The Kier molecular flexibility index (Phi) is 4.34. The topological polar surface area (TPSA) is 83.9 Å². The van der Waals surface area contributed by atoms with Crippen molar-refractivity contribution in [2.45, 2.75) is 13.0 Å². The van der Waals surface area contributed by atoms with Crippen LogP contribution in [0.1, 0.15) is 18.5 Å². The highest BCUT2D eigenvalue weighted by Crippen LogP contribution is 2.29. The molecule has 1 atom stereocenters. The van der Waals surface area contributed by atoms with E-state index in [-0.39, 0.29) is 11.8 Å². The average Bonchev–Trinajstić information content (AvgIpc) is 3.02. The third-order valence-electron chi connectivity index (χ3n) is 3.36. The summed E-state index contributed by atoms with van der Waals surface area (Å²) >= 11 is 1.43. The molecule has 0 saturated carbocycles. The summed E-state index contributed by atoms with van der Waals surface area (Å²) < 4.78 is 0. The minimum absolute atomic E-state index is 0.0838. The lowest BCUT2D eigenvalue weighted by molar-refractivity contribution is 0.475. The zero-order valence-electron chi connectivity index (χ0n) is 12.5. The molecule has 3 aromatic rings. The average molecular weight is 324 g/mol. The summed E-state index contributed by atoms with van der Waals surface area (Å²) in [5, 5.41) is 20.4. The van der Waals surface area contributed by atoms with E-state index < -0.39 is 0 Å². The summed E-state index contributed by atoms with van der Waals surface area (Å²) in [7, 11) is 0. The number of phenols is 1. The van der Waals surface area contributed by atoms with Gasteiger partial charge in [-0.3, -0.25) is 0 Å². The van der Waals surface area contributed by atoms with Gasteiger partial charge in [-0.15, -0.1) is 16.5 Å². The SMILES string of the molecule is CC(N=Nc1nc(-c2ccc(O)cc2)cs1)c1cccc(N)c1. The molecule has 1 heterocycles. The van der Waals surface area contributed by atoms with Crippen molar-refractivity contribution in [3.05, 3.63) is 59.5 Å². The molecule has 0 spiro atoms. The highest BCUT2D eigenvalue weighted by atomic mass is 32.1. The maximum Gasteiger partial charge on any atom is 0.230 e. The number of hydrogen-bond acceptors (Lipinski definition) is 6. The molecular weight excluding hydrogens is 308 g/mol. The zero-order chi connectivity index (χ0) is 16.2. The number of nitrogens with zero attached hydrogens (tertiary/aromatic N) is 3. The Labute approximate surface area is 138 Å². The number of benzene rings is 2. The Morgan fingerprint density at radius 1 is 1.17 bits per heavy atom. The van der Waals surface area contributed by atoms with Crippen LogP contribution >= 0.6 is 11.3 Å². The van der Waals surface area contributed by atoms with Gasteiger partial charge in [0.25, 0.3) is 0 Å². The fourth-order valence-electron chi connectivity index (χ4n) is 2.10. The van der Waals surface area contributed by atoms with E-state index in [0.29, 0.717) is 10.8 Å². The molecule has 0 aliphatic rings. The van der Waals surface area contributed by atoms with Crippen LogP contribution < -0.4 is 5.73 Å². The van der Waals surface area contributed by atoms with E-state index in [1.807, 2.05) is 48.7 Å². The van der Waals surface area contributed by atoms with Gasteiger partial charge in [0.15, 0.2) is 0 Å². The van der Waals surface area contributed by atoms with Gasteiger partial charge in [0.2, 0.25) is 5.13 Å². The predicted octanol–water partition coefficient (Wildman–Crippen LogP) is 4.94. The second-order valence-electron chi connectivity index (χ2n) is 5.12. The standard InChI is InChI=1S/C17H16N4OS/c1-11(13-3-2-4-14(18)9-13)20-21-17-19-16(10-23-17)12-5-7-15(22)8-6-12/h2-11,22H,18H2,1H3. The normalized spacial score (nSPS) is 12.6. The van der Waals surface area contributed by atoms with Crippen molar-refractivity contribution in [2.75, 3.05) is 5.73 Å². The van der Waals surface area contributed by atoms with Gasteiger partial charge in [-0.1, -0.05) is 12.1 Å². The van der Waals surface area contributed by atoms with Crippen molar-refractivity contribution < 1.29 is 5.11 Å². The van der Waals surface area contributed by atoms with Crippen molar-refractivity contribution in [1.29, 1.82) is 0 Å². The number of nitrogens with two attached hydrogens (primary N) is 1. The van der Waals surface area contributed by atoms with Gasteiger partial charge in [-0.05, 0) is 48.9 Å². The first-order chi connectivity index (χ1) is 11.1. The Morgan fingerprint density at radius 3 is 2.70 bits per heavy atom. The molecule has 0 bridgehead atoms. The molecule has 5 nitrogen and oxygen atoms in total. The third-order valence-corrected chi connectivity index (χ3v) is 4.09. The molecule has 3 rings (SSSR count). The van der Waals surface area contributed by atoms with Crippen molar-refractivity contribution in [2.24, 2.45) is 10.2 Å². The maximum atomic E-state index is 9.32. The fraction of sp³-hybridized carbons (Fsp3) is 0.118. The van der Waals surface area contributed by atoms with Crippen LogP contribution in [0.2, 0.25) is 0 Å². The van der Waals surface area contributed by atoms with E-state index >= 15 is 0 Å². The van der Waals surface area contributed by atoms with Crippen LogP contribution in [-0.4, -0.2) is 10.1 Å². The molecule has 0 amide bonds. The van der Waals surface area contributed by atoms with Crippen molar-refractivity contribution >= 4 is 22.2 Å². The van der Waals surface area contributed by atoms with Gasteiger partial charge in [0, 0.05) is 16.6 Å². The Hall–Kier alpha value is -2.73. The second kappa shape index (κ2) is 6.58. The summed E-state index contributed by atoms with van der Waals surface area (Å²) in [5.41, 5.74) is 9.27. The summed E-state index contributed by atoms with van der Waals surface area (Å²) in [6.45, 7) is 1.97. The largest absolute Gasteiger partial charge is 0.508 e. The molecule has 1 aromatic heterocycles. The second-order valence-corrected chi connectivity index (χ2v) is 5.96. The minimum Gasteiger partial charge on any atom is -0.508 e. The lowest BCUT2D eigenvalue weighted by atomic mass is 10.1. The van der Waals surface area contributed by atoms with E-state index in [9.17, 15) is 5.11 Å². The van der Waals surface area contributed by atoms with Crippen molar-refractivity contribution in [3.8, 4) is 17.0 Å². The summed E-state index contributed by atoms with van der Waals surface area (Å²) in [4.78, 5) is 4.45. The molecule has 2 aromatic carbocycles. The van der Waals surface area contributed by atoms with Crippen LogP contribution in [0, 0.1) is 0 Å². The quantitative estimate of drug-likeness (QED) is 0.526. The van der Waals surface area contributed by atoms with E-state index in [0.717, 1.165) is 16.8 Å². The Morgan fingerprint density at radius 2 is 1.96 bits per heavy atom. The monoisotopic (exact) mass is 324 g/mol. The Bertz CT molecular complexity index is 827. The highest BCUT2D eigenvalue weighted by Gasteiger charge is 2.06. The van der Waals surface area contributed by atoms with E-state index in [1.165, 1.54) is 11.3 Å². The van der Waals surface area contributed by atoms with Gasteiger partial charge in [0.05, 0.1) is 11.7 Å². The number of rotatable bonds is 4. The van der Waals surface area contributed by atoms with E-state index in [1.54, 1.807) is 12.1 Å². The van der Waals surface area contributed by atoms with Crippen LogP contribution in [0.25, 0.3) is 11.3 Å². The first-order valence-electron chi connectivity index (χ1n) is 7.13. The molecule has 0 aliphatic carbocycles. The number of azo groups is 1. The minimum atomic E-state index is -0.0838. The molecule has 1 unspecified atom stereocenters. The molecule has 0 saturated heterocycles. The molecular formula is C17H16N4OS. The predicted molar refractivity (Wildman–Crippen MR) is 93.0 cm³/mol. The lowest BCUT2D eigenvalue weighted by Gasteiger charge is -2.05. The molecule has 23 heavy (non-hydrogen) atoms. The number of phenolic OH excluding ortho intramolecular Hbond substituents is 1. The third kappa shape index (κ3) is 3.73. The molecule has 0 fully saturated rings. The number of hydrogen-bond donors (Lipinski definition) is 2. The molecule has 3 N–H and O–H groups in total. The van der Waals surface area contributed by atoms with Gasteiger partial charge >= 0.3 is 0 Å². The van der Waals surface area contributed by atoms with E-state index in [2.05, 4.69) is 15.2 Å². The number of aromatic nitrogens is 1. The number of aromatic hydroxyl groups is 1. The number of anilines is 1. The van der Waals surface area contributed by atoms with Crippen LogP contribution in [0.5, 0.6) is 5.75 Å². The lowest BCUT2D eigenvalue weighted by Crippen LogP contribution is -1.91. The van der Waals surface area contributed by atoms with Gasteiger partial charge < -0.3 is 10.8 Å². The van der Waals surface area contributed by atoms with Gasteiger partial charge in [0.1, 0.15) is 5.75 Å². The maximum absolute atomic E-state index is 9.32. The number of nitrogen functional groups attached to an aromatic ring is 1. The Balaban J connectivity index is 1.74. The van der Waals surface area contributed by atoms with Crippen LogP contribution in [0.15, 0.2) is 64.1 Å². The first-order valence-corrected chi connectivity index (χ1v) is 8.01. The van der Waals surface area contributed by atoms with Crippen LogP contribution in [0.3, 0.4) is 0 Å². The van der Waals surface area contributed by atoms with Crippen molar-refractivity contribution in [3.63, 3.8) is 0 Å². The highest BCUT2D eigenvalue weighted by molar-refractivity contribution is 7.13. The van der Waals surface area contributed by atoms with Gasteiger partial charge in [-0.25, -0.2) is 4.98 Å². The van der Waals surface area contributed by atoms with E-state index in [4.69, 9.17) is 5.73 Å². The van der Waals surface area contributed by atoms with Crippen LogP contribution in [0.4, 0.5) is 10.8 Å². The molecule has 0 aliphatic heterocycles. The summed E-state index contributed by atoms with van der Waals surface area (Å²) in [5.74, 6) is 0.236. The zero-order valence-corrected chi connectivity index (χ0v) is 13.4. The number of thiazole rings is 1. The first kappa shape index (κ1) is 15.2. The summed E-state index contributed by atoms with van der Waals surface area (Å²) in [6.07, 6.45) is 0. The van der Waals surface area contributed by atoms with Gasteiger partial charge in [-0.2, -0.15) is 5.11 Å². The molecule has 0 radical (unpaired) electrons. The smallest absolute Gasteiger partial charge is 0.230 e. The van der Waals surface area contributed by atoms with Crippen LogP contribution in [-0.2, 0) is 0 Å². The van der Waals surface area contributed by atoms with Crippen molar-refractivity contribution in [1.82, 2.24) is 4.98 Å². The summed E-state index contributed by atoms with van der Waals surface area (Å²) in [6, 6.07) is 14.5. The fourth-order valence-corrected chi connectivity index (χ4v) is 2.75. The molecule has 6 heteroatoms. The molecule has 116 valence electrons.